The van der Waals surface area contributed by atoms with Crippen LogP contribution in [0.2, 0.25) is 0 Å². The van der Waals surface area contributed by atoms with Gasteiger partial charge in [0.1, 0.15) is 22.3 Å². The van der Waals surface area contributed by atoms with Crippen molar-refractivity contribution in [1.82, 2.24) is 0 Å². The van der Waals surface area contributed by atoms with Crippen LogP contribution in [0.5, 0.6) is 5.75 Å². The van der Waals surface area contributed by atoms with Crippen LogP contribution in [0, 0.1) is 11.6 Å². The molecule has 0 saturated carbocycles. The molecule has 4 nitrogen and oxygen atoms in total. The molecule has 0 spiro atoms. The van der Waals surface area contributed by atoms with E-state index in [1.165, 1.54) is 31.2 Å². The summed E-state index contributed by atoms with van der Waals surface area (Å²) < 4.78 is 54.9. The zero-order valence-corrected chi connectivity index (χ0v) is 11.7. The van der Waals surface area contributed by atoms with Crippen molar-refractivity contribution in [3.8, 4) is 5.75 Å². The Kier molecular flexibility index (Phi) is 4.04. The Hall–Kier alpha value is -2.28. The average Bonchev–Trinajstić information content (AvgIpc) is 2.37. The molecule has 0 saturated heterocycles. The molecule has 7 heteroatoms. The van der Waals surface area contributed by atoms with Crippen LogP contribution in [0.15, 0.2) is 47.4 Å². The topological polar surface area (TPSA) is 60.4 Å². The lowest BCUT2D eigenvalue weighted by Gasteiger charge is -2.08. The Morgan fingerprint density at radius 3 is 2.43 bits per heavy atom. The van der Waals surface area contributed by atoms with Crippen molar-refractivity contribution < 1.29 is 26.2 Å². The summed E-state index contributed by atoms with van der Waals surface area (Å²) in [6.07, 6.45) is 0. The van der Waals surface area contributed by atoms with Crippen molar-refractivity contribution in [3.63, 3.8) is 0 Å². The predicted molar refractivity (Wildman–Crippen MR) is 70.6 cm³/mol. The van der Waals surface area contributed by atoms with Gasteiger partial charge in [0.05, 0.1) is 0 Å². The van der Waals surface area contributed by atoms with Crippen LogP contribution in [0.1, 0.15) is 17.3 Å². The summed E-state index contributed by atoms with van der Waals surface area (Å²) in [5.74, 6) is -2.56. The highest BCUT2D eigenvalue weighted by Gasteiger charge is 2.22. The summed E-state index contributed by atoms with van der Waals surface area (Å²) in [6, 6.07) is 7.48. The smallest absolute Gasteiger partial charge is 0.342 e. The zero-order valence-electron chi connectivity index (χ0n) is 10.8. The van der Waals surface area contributed by atoms with E-state index in [2.05, 4.69) is 0 Å². The van der Waals surface area contributed by atoms with E-state index >= 15 is 0 Å². The van der Waals surface area contributed by atoms with Crippen molar-refractivity contribution in [1.29, 1.82) is 0 Å². The largest absolute Gasteiger partial charge is 0.379 e. The van der Waals surface area contributed by atoms with Gasteiger partial charge in [-0.15, -0.1) is 0 Å². The Morgan fingerprint density at radius 1 is 1.10 bits per heavy atom. The fourth-order valence-corrected chi connectivity index (χ4v) is 2.60. The third-order valence-corrected chi connectivity index (χ3v) is 3.89. The second-order valence-corrected chi connectivity index (χ2v) is 5.71. The van der Waals surface area contributed by atoms with E-state index in [4.69, 9.17) is 4.18 Å². The molecule has 21 heavy (non-hydrogen) atoms. The van der Waals surface area contributed by atoms with Crippen LogP contribution in [-0.2, 0) is 10.1 Å². The highest BCUT2D eigenvalue weighted by atomic mass is 32.2. The van der Waals surface area contributed by atoms with Gasteiger partial charge in [0.2, 0.25) is 0 Å². The molecule has 0 aliphatic carbocycles. The number of halogens is 2. The van der Waals surface area contributed by atoms with Gasteiger partial charge in [-0.1, -0.05) is 12.1 Å². The number of carbonyl (C=O) groups is 1. The molecular weight excluding hydrogens is 302 g/mol. The molecule has 0 amide bonds. The molecule has 0 aliphatic rings. The fraction of sp³-hybridized carbons (Fsp3) is 0.0714. The van der Waals surface area contributed by atoms with Crippen LogP contribution >= 0.6 is 0 Å². The second-order valence-electron chi connectivity index (χ2n) is 4.20. The van der Waals surface area contributed by atoms with Crippen LogP contribution in [0.4, 0.5) is 8.78 Å². The molecule has 0 fully saturated rings. The van der Waals surface area contributed by atoms with Gasteiger partial charge in [-0.25, -0.2) is 8.78 Å². The van der Waals surface area contributed by atoms with E-state index < -0.39 is 26.6 Å². The van der Waals surface area contributed by atoms with E-state index in [9.17, 15) is 22.0 Å². The Balaban J connectivity index is 2.37. The summed E-state index contributed by atoms with van der Waals surface area (Å²) in [5.41, 5.74) is 0.252. The number of ketones is 1. The first-order chi connectivity index (χ1) is 9.79. The van der Waals surface area contributed by atoms with Gasteiger partial charge < -0.3 is 4.18 Å². The predicted octanol–water partition coefficient (Wildman–Crippen LogP) is 2.94. The molecule has 110 valence electrons. The molecule has 2 aromatic rings. The summed E-state index contributed by atoms with van der Waals surface area (Å²) in [7, 11) is -4.46. The zero-order chi connectivity index (χ0) is 15.6. The Labute approximate surface area is 120 Å². The third-order valence-electron chi connectivity index (χ3n) is 2.61. The standard InChI is InChI=1S/C14H10F2O4S/c1-9(17)10-3-2-4-12(7-10)20-21(18,19)14-6-5-11(15)8-13(14)16/h2-8H,1H3. The van der Waals surface area contributed by atoms with Gasteiger partial charge in [-0.05, 0) is 31.2 Å². The van der Waals surface area contributed by atoms with Gasteiger partial charge in [-0.2, -0.15) is 8.42 Å². The minimum Gasteiger partial charge on any atom is -0.379 e. The molecule has 0 atom stereocenters. The minimum absolute atomic E-state index is 0.133. The summed E-state index contributed by atoms with van der Waals surface area (Å²) in [4.78, 5) is 10.4. The maximum atomic E-state index is 13.5. The van der Waals surface area contributed by atoms with E-state index in [0.717, 1.165) is 12.1 Å². The van der Waals surface area contributed by atoms with E-state index in [1.54, 1.807) is 0 Å². The lowest BCUT2D eigenvalue weighted by molar-refractivity contribution is 0.101. The van der Waals surface area contributed by atoms with Crippen LogP contribution in [0.3, 0.4) is 0 Å². The summed E-state index contributed by atoms with van der Waals surface area (Å²) in [6.45, 7) is 1.31. The van der Waals surface area contributed by atoms with Gasteiger partial charge in [0.15, 0.2) is 5.78 Å². The van der Waals surface area contributed by atoms with E-state index in [-0.39, 0.29) is 17.1 Å². The first-order valence-corrected chi connectivity index (χ1v) is 7.21. The molecule has 0 heterocycles. The van der Waals surface area contributed by atoms with Crippen molar-refractivity contribution in [2.45, 2.75) is 11.8 Å². The molecule has 0 bridgehead atoms. The SMILES string of the molecule is CC(=O)c1cccc(OS(=O)(=O)c2ccc(F)cc2F)c1. The van der Waals surface area contributed by atoms with Crippen LogP contribution in [0.25, 0.3) is 0 Å². The lowest BCUT2D eigenvalue weighted by atomic mass is 10.1. The maximum absolute atomic E-state index is 13.5. The number of hydrogen-bond donors (Lipinski definition) is 0. The van der Waals surface area contributed by atoms with E-state index in [1.807, 2.05) is 0 Å². The number of hydrogen-bond acceptors (Lipinski definition) is 4. The number of Topliss-reactive ketones (excluding diaryl/α,β-unsaturated/α-hetero) is 1. The molecule has 0 aliphatic heterocycles. The van der Waals surface area contributed by atoms with Gasteiger partial charge in [-0.3, -0.25) is 4.79 Å². The van der Waals surface area contributed by atoms with Gasteiger partial charge in [0.25, 0.3) is 0 Å². The second kappa shape index (κ2) is 5.61. The molecule has 2 aromatic carbocycles. The van der Waals surface area contributed by atoms with Crippen molar-refractivity contribution >= 4 is 15.9 Å². The maximum Gasteiger partial charge on any atom is 0.342 e. The van der Waals surface area contributed by atoms with Crippen molar-refractivity contribution in [2.75, 3.05) is 0 Å². The fourth-order valence-electron chi connectivity index (χ4n) is 1.62. The molecule has 0 aromatic heterocycles. The Bertz CT molecular complexity index is 800. The molecule has 0 unspecified atom stereocenters. The number of benzene rings is 2. The molecule has 0 N–H and O–H groups in total. The number of carbonyl (C=O) groups excluding carboxylic acids is 1. The highest BCUT2D eigenvalue weighted by Crippen LogP contribution is 2.22. The third kappa shape index (κ3) is 3.43. The quantitative estimate of drug-likeness (QED) is 0.643. The highest BCUT2D eigenvalue weighted by molar-refractivity contribution is 7.87. The first kappa shape index (κ1) is 15.1. The van der Waals surface area contributed by atoms with Crippen LogP contribution < -0.4 is 4.18 Å². The minimum atomic E-state index is -4.46. The van der Waals surface area contributed by atoms with Gasteiger partial charge >= 0.3 is 10.1 Å². The average molecular weight is 312 g/mol. The van der Waals surface area contributed by atoms with Gasteiger partial charge in [0, 0.05) is 11.6 Å². The summed E-state index contributed by atoms with van der Waals surface area (Å²) in [5, 5.41) is 0. The first-order valence-electron chi connectivity index (χ1n) is 5.80. The van der Waals surface area contributed by atoms with Crippen molar-refractivity contribution in [2.24, 2.45) is 0 Å². The molecule has 0 radical (unpaired) electrons. The Morgan fingerprint density at radius 2 is 1.81 bits per heavy atom. The monoisotopic (exact) mass is 312 g/mol. The van der Waals surface area contributed by atoms with E-state index in [0.29, 0.717) is 6.07 Å². The molecule has 2 rings (SSSR count). The normalized spacial score (nSPS) is 11.2. The lowest BCUT2D eigenvalue weighted by Crippen LogP contribution is -2.12. The van der Waals surface area contributed by atoms with Crippen LogP contribution in [-0.4, -0.2) is 14.2 Å². The summed E-state index contributed by atoms with van der Waals surface area (Å²) >= 11 is 0. The number of rotatable bonds is 4. The van der Waals surface area contributed by atoms with Crippen molar-refractivity contribution in [3.05, 3.63) is 59.7 Å². The molecular formula is C14H10F2O4S.